The number of likely N-dealkylation sites (N-methyl/N-ethyl adjacent to an activating group) is 1. The van der Waals surface area contributed by atoms with Crippen molar-refractivity contribution in [3.05, 3.63) is 28.6 Å². The van der Waals surface area contributed by atoms with Gasteiger partial charge < -0.3 is 14.7 Å². The number of anilines is 1. The van der Waals surface area contributed by atoms with E-state index < -0.39 is 4.92 Å². The third-order valence-corrected chi connectivity index (χ3v) is 4.64. The predicted molar refractivity (Wildman–Crippen MR) is 85.3 cm³/mol. The molecule has 0 radical (unpaired) electrons. The zero-order valence-electron chi connectivity index (χ0n) is 13.2. The maximum Gasteiger partial charge on any atom is 0.310 e. The van der Waals surface area contributed by atoms with E-state index in [4.69, 9.17) is 0 Å². The van der Waals surface area contributed by atoms with E-state index in [-0.39, 0.29) is 17.6 Å². The predicted octanol–water partition coefficient (Wildman–Crippen LogP) is 0.733. The number of carbonyl (C=O) groups excluding carboxylic acids is 1. The van der Waals surface area contributed by atoms with E-state index in [1.807, 2.05) is 16.8 Å². The lowest BCUT2D eigenvalue weighted by atomic mass is 10.1. The Labute approximate surface area is 134 Å². The quantitative estimate of drug-likeness (QED) is 0.603. The molecular formula is C15H21N5O3. The third-order valence-electron chi connectivity index (χ3n) is 4.64. The summed E-state index contributed by atoms with van der Waals surface area (Å²) in [7, 11) is 2.05. The summed E-state index contributed by atoms with van der Waals surface area (Å²) >= 11 is 0. The monoisotopic (exact) mass is 319 g/mol. The first-order valence-electron chi connectivity index (χ1n) is 7.90. The number of nitrogens with zero attached hydrogens (tertiary/aromatic N) is 5. The van der Waals surface area contributed by atoms with Crippen LogP contribution >= 0.6 is 0 Å². The molecule has 2 saturated heterocycles. The fourth-order valence-corrected chi connectivity index (χ4v) is 3.31. The third kappa shape index (κ3) is 3.12. The van der Waals surface area contributed by atoms with Gasteiger partial charge in [0.15, 0.2) is 0 Å². The fraction of sp³-hybridized carbons (Fsp3) is 0.600. The van der Waals surface area contributed by atoms with E-state index in [1.54, 1.807) is 6.07 Å². The van der Waals surface area contributed by atoms with Gasteiger partial charge in [-0.2, -0.15) is 0 Å². The summed E-state index contributed by atoms with van der Waals surface area (Å²) in [5, 5.41) is 11.2. The van der Waals surface area contributed by atoms with Gasteiger partial charge in [0.25, 0.3) is 0 Å². The standard InChI is InChI=1S/C15H21N5O3/c1-17-7-9-18(10-8-17)15(21)13-3-2-6-19(13)12-4-5-16-11-14(12)20(22)23/h4-5,11,13H,2-3,6-10H2,1H3/t13-/m0/s1. The van der Waals surface area contributed by atoms with Crippen molar-refractivity contribution in [1.29, 1.82) is 0 Å². The Morgan fingerprint density at radius 1 is 1.30 bits per heavy atom. The molecule has 0 aliphatic carbocycles. The van der Waals surface area contributed by atoms with Gasteiger partial charge in [0.1, 0.15) is 17.9 Å². The topological polar surface area (TPSA) is 82.8 Å². The molecule has 1 amide bonds. The van der Waals surface area contributed by atoms with Crippen LogP contribution in [-0.4, -0.2) is 71.4 Å². The molecule has 0 bridgehead atoms. The number of aromatic nitrogens is 1. The van der Waals surface area contributed by atoms with Crippen LogP contribution in [0, 0.1) is 10.1 Å². The van der Waals surface area contributed by atoms with E-state index in [0.717, 1.165) is 39.0 Å². The largest absolute Gasteiger partial charge is 0.354 e. The van der Waals surface area contributed by atoms with Crippen molar-refractivity contribution in [2.45, 2.75) is 18.9 Å². The number of amides is 1. The number of carbonyl (C=O) groups is 1. The highest BCUT2D eigenvalue weighted by atomic mass is 16.6. The van der Waals surface area contributed by atoms with Crippen molar-refractivity contribution in [2.24, 2.45) is 0 Å². The zero-order valence-corrected chi connectivity index (χ0v) is 13.2. The molecule has 0 N–H and O–H groups in total. The van der Waals surface area contributed by atoms with Crippen LogP contribution in [0.2, 0.25) is 0 Å². The van der Waals surface area contributed by atoms with Crippen LogP contribution in [0.4, 0.5) is 11.4 Å². The second kappa shape index (κ2) is 6.49. The van der Waals surface area contributed by atoms with Crippen LogP contribution in [0.15, 0.2) is 18.5 Å². The van der Waals surface area contributed by atoms with Crippen LogP contribution < -0.4 is 4.90 Å². The van der Waals surface area contributed by atoms with Crippen molar-refractivity contribution < 1.29 is 9.72 Å². The molecule has 1 atom stereocenters. The molecule has 124 valence electrons. The lowest BCUT2D eigenvalue weighted by Gasteiger charge is -2.36. The Hall–Kier alpha value is -2.22. The minimum absolute atomic E-state index is 0.0365. The fourth-order valence-electron chi connectivity index (χ4n) is 3.31. The summed E-state index contributed by atoms with van der Waals surface area (Å²) in [5.41, 5.74) is 0.459. The number of pyridine rings is 1. The van der Waals surface area contributed by atoms with E-state index in [9.17, 15) is 14.9 Å². The van der Waals surface area contributed by atoms with Crippen molar-refractivity contribution >= 4 is 17.3 Å². The van der Waals surface area contributed by atoms with Crippen LogP contribution in [0.3, 0.4) is 0 Å². The zero-order chi connectivity index (χ0) is 16.4. The summed E-state index contributed by atoms with van der Waals surface area (Å²) in [4.78, 5) is 33.4. The van der Waals surface area contributed by atoms with E-state index in [2.05, 4.69) is 9.88 Å². The van der Waals surface area contributed by atoms with E-state index in [0.29, 0.717) is 12.2 Å². The molecule has 8 nitrogen and oxygen atoms in total. The molecule has 3 rings (SSSR count). The lowest BCUT2D eigenvalue weighted by Crippen LogP contribution is -2.53. The van der Waals surface area contributed by atoms with Crippen molar-refractivity contribution in [1.82, 2.24) is 14.8 Å². The normalized spacial score (nSPS) is 22.4. The SMILES string of the molecule is CN1CCN(C(=O)[C@@H]2CCCN2c2ccncc2[N+](=O)[O-])CC1. The minimum atomic E-state index is -0.432. The first-order valence-corrected chi connectivity index (χ1v) is 7.90. The molecule has 1 aromatic heterocycles. The Morgan fingerprint density at radius 2 is 2.04 bits per heavy atom. The Balaban J connectivity index is 1.81. The number of nitro groups is 1. The first kappa shape index (κ1) is 15.7. The van der Waals surface area contributed by atoms with Gasteiger partial charge in [-0.1, -0.05) is 0 Å². The van der Waals surface area contributed by atoms with Crippen LogP contribution in [-0.2, 0) is 4.79 Å². The maximum atomic E-state index is 12.9. The van der Waals surface area contributed by atoms with Gasteiger partial charge in [0.2, 0.25) is 5.91 Å². The number of hydrogen-bond acceptors (Lipinski definition) is 6. The second-order valence-corrected chi connectivity index (χ2v) is 6.10. The summed E-state index contributed by atoms with van der Waals surface area (Å²) in [5.74, 6) is 0.0849. The van der Waals surface area contributed by atoms with Crippen molar-refractivity contribution in [2.75, 3.05) is 44.7 Å². The highest BCUT2D eigenvalue weighted by molar-refractivity contribution is 5.87. The summed E-state index contributed by atoms with van der Waals surface area (Å²) in [6, 6.07) is 1.33. The van der Waals surface area contributed by atoms with Gasteiger partial charge >= 0.3 is 5.69 Å². The van der Waals surface area contributed by atoms with Gasteiger partial charge in [-0.15, -0.1) is 0 Å². The molecule has 0 saturated carbocycles. The molecule has 0 aromatic carbocycles. The van der Waals surface area contributed by atoms with Gasteiger partial charge in [0.05, 0.1) is 4.92 Å². The average Bonchev–Trinajstić information content (AvgIpc) is 3.04. The molecular weight excluding hydrogens is 298 g/mol. The highest BCUT2D eigenvalue weighted by Crippen LogP contribution is 2.33. The second-order valence-electron chi connectivity index (χ2n) is 6.10. The van der Waals surface area contributed by atoms with Gasteiger partial charge in [0, 0.05) is 38.9 Å². The first-order chi connectivity index (χ1) is 11.1. The smallest absolute Gasteiger partial charge is 0.310 e. The summed E-state index contributed by atoms with van der Waals surface area (Å²) in [6.45, 7) is 3.84. The number of rotatable bonds is 3. The lowest BCUT2D eigenvalue weighted by molar-refractivity contribution is -0.384. The molecule has 2 fully saturated rings. The molecule has 1 aromatic rings. The number of hydrogen-bond donors (Lipinski definition) is 0. The number of piperazine rings is 1. The molecule has 3 heterocycles. The van der Waals surface area contributed by atoms with Crippen LogP contribution in [0.25, 0.3) is 0 Å². The Morgan fingerprint density at radius 3 is 2.74 bits per heavy atom. The van der Waals surface area contributed by atoms with Crippen LogP contribution in [0.5, 0.6) is 0 Å². The Kier molecular flexibility index (Phi) is 4.42. The van der Waals surface area contributed by atoms with E-state index >= 15 is 0 Å². The molecule has 0 unspecified atom stereocenters. The molecule has 8 heteroatoms. The van der Waals surface area contributed by atoms with Gasteiger partial charge in [-0.05, 0) is 26.0 Å². The minimum Gasteiger partial charge on any atom is -0.354 e. The molecule has 23 heavy (non-hydrogen) atoms. The Bertz CT molecular complexity index is 601. The average molecular weight is 319 g/mol. The maximum absolute atomic E-state index is 12.9. The summed E-state index contributed by atoms with van der Waals surface area (Å²) < 4.78 is 0. The van der Waals surface area contributed by atoms with E-state index in [1.165, 1.54) is 12.4 Å². The van der Waals surface area contributed by atoms with Crippen molar-refractivity contribution in [3.63, 3.8) is 0 Å². The van der Waals surface area contributed by atoms with Gasteiger partial charge in [-0.25, -0.2) is 0 Å². The molecule has 2 aliphatic heterocycles. The summed E-state index contributed by atoms with van der Waals surface area (Å²) in [6.07, 6.45) is 4.40. The highest BCUT2D eigenvalue weighted by Gasteiger charge is 2.37. The molecule has 0 spiro atoms. The van der Waals surface area contributed by atoms with Crippen molar-refractivity contribution in [3.8, 4) is 0 Å². The van der Waals surface area contributed by atoms with Gasteiger partial charge in [-0.3, -0.25) is 19.9 Å². The molecule has 2 aliphatic rings. The van der Waals surface area contributed by atoms with Crippen LogP contribution in [0.1, 0.15) is 12.8 Å².